The molecule has 0 radical (unpaired) electrons. The van der Waals surface area contributed by atoms with Crippen LogP contribution in [0.1, 0.15) is 18.7 Å². The van der Waals surface area contributed by atoms with Gasteiger partial charge in [0.05, 0.1) is 0 Å². The molecule has 0 fully saturated rings. The summed E-state index contributed by atoms with van der Waals surface area (Å²) in [5.74, 6) is -0.0354. The summed E-state index contributed by atoms with van der Waals surface area (Å²) in [6.07, 6.45) is 3.49. The standard InChI is InChI=1S/C19H24N2OS/c1-3-21(4-2)15-14-20-19(22)13-11-17-10-12-18(23-17)16-8-6-5-7-9-16/h5-13H,3-4,14-15H2,1-2H3,(H,20,22)/b13-11+. The van der Waals surface area contributed by atoms with Gasteiger partial charge in [0.15, 0.2) is 0 Å². The van der Waals surface area contributed by atoms with Crippen LogP contribution in [0.5, 0.6) is 0 Å². The Morgan fingerprint density at radius 2 is 1.87 bits per heavy atom. The molecule has 0 bridgehead atoms. The summed E-state index contributed by atoms with van der Waals surface area (Å²) in [5.41, 5.74) is 1.21. The van der Waals surface area contributed by atoms with Crippen LogP contribution in [0.2, 0.25) is 0 Å². The molecular formula is C19H24N2OS. The van der Waals surface area contributed by atoms with Crippen LogP contribution in [0, 0.1) is 0 Å². The number of likely N-dealkylation sites (N-methyl/N-ethyl adjacent to an activating group) is 1. The molecule has 0 spiro atoms. The van der Waals surface area contributed by atoms with E-state index >= 15 is 0 Å². The Bertz CT molecular complexity index is 630. The molecule has 3 nitrogen and oxygen atoms in total. The monoisotopic (exact) mass is 328 g/mol. The molecule has 122 valence electrons. The molecule has 1 aromatic carbocycles. The van der Waals surface area contributed by atoms with Gasteiger partial charge >= 0.3 is 0 Å². The lowest BCUT2D eigenvalue weighted by Crippen LogP contribution is -2.34. The molecule has 4 heteroatoms. The van der Waals surface area contributed by atoms with Crippen molar-refractivity contribution in [3.8, 4) is 10.4 Å². The Morgan fingerprint density at radius 3 is 2.57 bits per heavy atom. The first-order valence-electron chi connectivity index (χ1n) is 8.06. The highest BCUT2D eigenvalue weighted by atomic mass is 32.1. The number of hydrogen-bond acceptors (Lipinski definition) is 3. The number of hydrogen-bond donors (Lipinski definition) is 1. The van der Waals surface area contributed by atoms with E-state index in [9.17, 15) is 4.79 Å². The molecule has 0 aliphatic heterocycles. The van der Waals surface area contributed by atoms with Crippen molar-refractivity contribution >= 4 is 23.3 Å². The van der Waals surface area contributed by atoms with Crippen molar-refractivity contribution in [3.63, 3.8) is 0 Å². The average Bonchev–Trinajstić information content (AvgIpc) is 3.07. The largest absolute Gasteiger partial charge is 0.351 e. The van der Waals surface area contributed by atoms with Gasteiger partial charge in [0, 0.05) is 28.9 Å². The van der Waals surface area contributed by atoms with E-state index in [1.165, 1.54) is 10.4 Å². The third kappa shape index (κ3) is 5.66. The van der Waals surface area contributed by atoms with Crippen molar-refractivity contribution in [1.82, 2.24) is 10.2 Å². The van der Waals surface area contributed by atoms with E-state index in [0.717, 1.165) is 24.5 Å². The number of nitrogens with one attached hydrogen (secondary N) is 1. The summed E-state index contributed by atoms with van der Waals surface area (Å²) in [5, 5.41) is 2.93. The highest BCUT2D eigenvalue weighted by molar-refractivity contribution is 7.16. The molecule has 1 N–H and O–H groups in total. The fourth-order valence-electron chi connectivity index (χ4n) is 2.29. The molecule has 0 saturated heterocycles. The Labute approximate surface area is 142 Å². The average molecular weight is 328 g/mol. The predicted octanol–water partition coefficient (Wildman–Crippen LogP) is 3.89. The second kappa shape index (κ2) is 9.28. The second-order valence-electron chi connectivity index (χ2n) is 5.22. The Kier molecular flexibility index (Phi) is 7.04. The van der Waals surface area contributed by atoms with E-state index in [1.807, 2.05) is 30.3 Å². The van der Waals surface area contributed by atoms with Crippen LogP contribution in [0.4, 0.5) is 0 Å². The number of carbonyl (C=O) groups excluding carboxylic acids is 1. The van der Waals surface area contributed by atoms with Crippen LogP contribution in [0.25, 0.3) is 16.5 Å². The van der Waals surface area contributed by atoms with Gasteiger partial charge in [0.2, 0.25) is 5.91 Å². The molecule has 0 unspecified atom stereocenters. The minimum Gasteiger partial charge on any atom is -0.351 e. The number of rotatable bonds is 8. The molecule has 2 aromatic rings. The van der Waals surface area contributed by atoms with Crippen LogP contribution in [0.3, 0.4) is 0 Å². The van der Waals surface area contributed by atoms with Gasteiger partial charge in [-0.1, -0.05) is 44.2 Å². The van der Waals surface area contributed by atoms with Crippen LogP contribution in [0.15, 0.2) is 48.5 Å². The first-order valence-corrected chi connectivity index (χ1v) is 8.88. The van der Waals surface area contributed by atoms with Gasteiger partial charge in [-0.05, 0) is 36.9 Å². The van der Waals surface area contributed by atoms with Crippen molar-refractivity contribution in [2.24, 2.45) is 0 Å². The van der Waals surface area contributed by atoms with Crippen molar-refractivity contribution in [2.45, 2.75) is 13.8 Å². The molecule has 0 aliphatic carbocycles. The number of amides is 1. The normalized spacial score (nSPS) is 11.3. The highest BCUT2D eigenvalue weighted by Crippen LogP contribution is 2.28. The predicted molar refractivity (Wildman–Crippen MR) is 99.6 cm³/mol. The maximum Gasteiger partial charge on any atom is 0.244 e. The van der Waals surface area contributed by atoms with Crippen molar-refractivity contribution < 1.29 is 4.79 Å². The topological polar surface area (TPSA) is 32.3 Å². The van der Waals surface area contributed by atoms with Gasteiger partial charge in [0.25, 0.3) is 0 Å². The maximum atomic E-state index is 11.8. The first-order chi connectivity index (χ1) is 11.2. The SMILES string of the molecule is CCN(CC)CCNC(=O)/C=C/c1ccc(-c2ccccc2)s1. The van der Waals surface area contributed by atoms with Gasteiger partial charge in [-0.25, -0.2) is 0 Å². The van der Waals surface area contributed by atoms with Crippen molar-refractivity contribution in [2.75, 3.05) is 26.2 Å². The lowest BCUT2D eigenvalue weighted by atomic mass is 10.2. The van der Waals surface area contributed by atoms with Crippen molar-refractivity contribution in [1.29, 1.82) is 0 Å². The van der Waals surface area contributed by atoms with E-state index in [1.54, 1.807) is 17.4 Å². The van der Waals surface area contributed by atoms with Gasteiger partial charge < -0.3 is 10.2 Å². The summed E-state index contributed by atoms with van der Waals surface area (Å²) in [7, 11) is 0. The molecule has 1 aromatic heterocycles. The van der Waals surface area contributed by atoms with Crippen LogP contribution in [-0.2, 0) is 4.79 Å². The van der Waals surface area contributed by atoms with Gasteiger partial charge in [-0.3, -0.25) is 4.79 Å². The summed E-state index contributed by atoms with van der Waals surface area (Å²) in [6, 6.07) is 14.4. The number of nitrogens with zero attached hydrogens (tertiary/aromatic N) is 1. The highest BCUT2D eigenvalue weighted by Gasteiger charge is 2.02. The van der Waals surface area contributed by atoms with Crippen LogP contribution < -0.4 is 5.32 Å². The Hall–Kier alpha value is -1.91. The third-order valence-electron chi connectivity index (χ3n) is 3.71. The van der Waals surface area contributed by atoms with Gasteiger partial charge in [-0.2, -0.15) is 0 Å². The maximum absolute atomic E-state index is 11.8. The molecule has 0 saturated carbocycles. The molecule has 0 atom stereocenters. The Balaban J connectivity index is 1.83. The summed E-state index contributed by atoms with van der Waals surface area (Å²) in [4.78, 5) is 16.4. The van der Waals surface area contributed by atoms with E-state index in [4.69, 9.17) is 0 Å². The van der Waals surface area contributed by atoms with E-state index in [-0.39, 0.29) is 5.91 Å². The second-order valence-corrected chi connectivity index (χ2v) is 6.33. The minimum atomic E-state index is -0.0354. The number of thiophene rings is 1. The van der Waals surface area contributed by atoms with E-state index in [2.05, 4.69) is 42.3 Å². The lowest BCUT2D eigenvalue weighted by Gasteiger charge is -2.17. The molecular weight excluding hydrogens is 304 g/mol. The quantitative estimate of drug-likeness (QED) is 0.746. The Morgan fingerprint density at radius 1 is 1.13 bits per heavy atom. The molecule has 0 aliphatic rings. The lowest BCUT2D eigenvalue weighted by molar-refractivity contribution is -0.116. The number of benzene rings is 1. The summed E-state index contributed by atoms with van der Waals surface area (Å²) < 4.78 is 0. The molecule has 2 rings (SSSR count). The fourth-order valence-corrected chi connectivity index (χ4v) is 3.21. The first kappa shape index (κ1) is 17.4. The molecule has 1 heterocycles. The third-order valence-corrected chi connectivity index (χ3v) is 4.81. The zero-order valence-electron chi connectivity index (χ0n) is 13.8. The zero-order chi connectivity index (χ0) is 16.5. The smallest absolute Gasteiger partial charge is 0.244 e. The van der Waals surface area contributed by atoms with Gasteiger partial charge in [-0.15, -0.1) is 11.3 Å². The van der Waals surface area contributed by atoms with Crippen LogP contribution in [-0.4, -0.2) is 37.0 Å². The summed E-state index contributed by atoms with van der Waals surface area (Å²) >= 11 is 1.69. The van der Waals surface area contributed by atoms with Crippen LogP contribution >= 0.6 is 11.3 Å². The van der Waals surface area contributed by atoms with Crippen molar-refractivity contribution in [3.05, 3.63) is 53.4 Å². The fraction of sp³-hybridized carbons (Fsp3) is 0.316. The van der Waals surface area contributed by atoms with Gasteiger partial charge in [0.1, 0.15) is 0 Å². The minimum absolute atomic E-state index is 0.0354. The zero-order valence-corrected chi connectivity index (χ0v) is 14.6. The molecule has 23 heavy (non-hydrogen) atoms. The van der Waals surface area contributed by atoms with E-state index in [0.29, 0.717) is 6.54 Å². The van der Waals surface area contributed by atoms with E-state index < -0.39 is 0 Å². The number of carbonyl (C=O) groups is 1. The summed E-state index contributed by atoms with van der Waals surface area (Å²) in [6.45, 7) is 7.87. The molecule has 1 amide bonds.